The summed E-state index contributed by atoms with van der Waals surface area (Å²) in [4.78, 5) is 56.6. The largest absolute Gasteiger partial charge is 0.397 e. The fraction of sp³-hybridized carbons (Fsp3) is 0.552. The van der Waals surface area contributed by atoms with Crippen molar-refractivity contribution in [3.63, 3.8) is 0 Å². The van der Waals surface area contributed by atoms with E-state index in [4.69, 9.17) is 4.74 Å². The van der Waals surface area contributed by atoms with E-state index in [1.807, 2.05) is 17.5 Å². The lowest BCUT2D eigenvalue weighted by Gasteiger charge is -2.58. The van der Waals surface area contributed by atoms with Gasteiger partial charge in [-0.05, 0) is 74.3 Å². The zero-order chi connectivity index (χ0) is 26.9. The molecular weight excluding hydrogens is 516 g/mol. The maximum Gasteiger partial charge on any atom is 0.319 e. The first kappa shape index (κ1) is 24.7. The number of fused-ring (bicyclic) bond motifs is 1. The van der Waals surface area contributed by atoms with Crippen LogP contribution in [0.4, 0.5) is 5.69 Å². The van der Waals surface area contributed by atoms with Gasteiger partial charge < -0.3 is 15.0 Å². The van der Waals surface area contributed by atoms with Crippen molar-refractivity contribution in [1.29, 1.82) is 0 Å². The quantitative estimate of drug-likeness (QED) is 0.416. The number of rotatable bonds is 6. The molecule has 1 aromatic carbocycles. The Hall–Kier alpha value is -3.27. The van der Waals surface area contributed by atoms with Crippen molar-refractivity contribution in [3.8, 4) is 5.19 Å². The lowest BCUT2D eigenvalue weighted by Crippen LogP contribution is -2.56. The van der Waals surface area contributed by atoms with Crippen molar-refractivity contribution >= 4 is 40.7 Å². The van der Waals surface area contributed by atoms with Crippen LogP contribution >= 0.6 is 11.3 Å². The summed E-state index contributed by atoms with van der Waals surface area (Å²) in [5.41, 5.74) is 2.58. The number of ether oxygens (including phenoxy) is 1. The number of aromatic nitrogens is 1. The molecule has 10 heteroatoms. The highest BCUT2D eigenvalue weighted by Gasteiger charge is 2.60. The van der Waals surface area contributed by atoms with E-state index in [1.165, 1.54) is 30.6 Å². The van der Waals surface area contributed by atoms with Crippen LogP contribution in [0.15, 0.2) is 23.6 Å². The van der Waals surface area contributed by atoms with Crippen LogP contribution < -0.4 is 15.4 Å². The van der Waals surface area contributed by atoms with Gasteiger partial charge in [-0.25, -0.2) is 4.98 Å². The smallest absolute Gasteiger partial charge is 0.319 e. The van der Waals surface area contributed by atoms with E-state index >= 15 is 0 Å². The Morgan fingerprint density at radius 3 is 2.77 bits per heavy atom. The molecule has 4 atom stereocenters. The number of amides is 3. The van der Waals surface area contributed by atoms with Gasteiger partial charge in [0.1, 0.15) is 6.04 Å². The number of thiazole rings is 1. The van der Waals surface area contributed by atoms with Gasteiger partial charge >= 0.3 is 5.97 Å². The van der Waals surface area contributed by atoms with E-state index in [2.05, 4.69) is 22.5 Å². The molecule has 1 aromatic heterocycles. The number of carbonyl (C=O) groups excluding carboxylic acids is 4. The molecule has 2 aliphatic heterocycles. The average molecular weight is 549 g/mol. The van der Waals surface area contributed by atoms with Gasteiger partial charge in [0.05, 0.1) is 17.7 Å². The maximum absolute atomic E-state index is 13.5. The number of anilines is 1. The summed E-state index contributed by atoms with van der Waals surface area (Å²) in [5.74, 6) is 1.30. The van der Waals surface area contributed by atoms with Crippen LogP contribution in [0.5, 0.6) is 5.19 Å². The fourth-order valence-corrected chi connectivity index (χ4v) is 8.85. The molecule has 2 N–H and O–H groups in total. The van der Waals surface area contributed by atoms with E-state index in [0.29, 0.717) is 53.9 Å². The van der Waals surface area contributed by atoms with E-state index in [0.717, 1.165) is 29.8 Å². The summed E-state index contributed by atoms with van der Waals surface area (Å²) in [7, 11) is 0. The topological polar surface area (TPSA) is 118 Å². The van der Waals surface area contributed by atoms with Crippen LogP contribution in [0.25, 0.3) is 0 Å². The molecule has 3 amide bonds. The van der Waals surface area contributed by atoms with E-state index in [-0.39, 0.29) is 29.6 Å². The molecule has 4 saturated carbocycles. The number of nitrogens with one attached hydrogen (secondary N) is 2. The van der Waals surface area contributed by atoms with Gasteiger partial charge in [0.15, 0.2) is 0 Å². The Morgan fingerprint density at radius 2 is 2.00 bits per heavy atom. The first-order chi connectivity index (χ1) is 18.8. The minimum atomic E-state index is -0.650. The molecule has 6 aliphatic rings. The standard InChI is InChI=1S/C29H32N4O5S/c1-15-18-8-16-7-17(9-18)11-29(15,10-16)27(37)38-28-31-19(14-39-28)12-30-22-4-2-3-20-21(22)13-33(26(20)36)23-5-6-24(34)32-25(23)35/h2-4,14-18,23,30H,5-13H2,1H3,(H,32,34,35). The molecule has 5 fully saturated rings. The van der Waals surface area contributed by atoms with Crippen molar-refractivity contribution in [2.45, 2.75) is 71.0 Å². The zero-order valence-electron chi connectivity index (χ0n) is 21.9. The van der Waals surface area contributed by atoms with Gasteiger partial charge in [-0.2, -0.15) is 0 Å². The van der Waals surface area contributed by atoms with E-state index in [1.54, 1.807) is 11.0 Å². The fourth-order valence-electron chi connectivity index (χ4n) is 8.18. The summed E-state index contributed by atoms with van der Waals surface area (Å²) in [6.45, 7) is 2.95. The Kier molecular flexibility index (Phi) is 5.80. The van der Waals surface area contributed by atoms with E-state index in [9.17, 15) is 19.2 Å². The summed E-state index contributed by atoms with van der Waals surface area (Å²) < 4.78 is 5.92. The van der Waals surface area contributed by atoms with Crippen LogP contribution in [0.2, 0.25) is 0 Å². The number of carbonyl (C=O) groups is 4. The predicted octanol–water partition coefficient (Wildman–Crippen LogP) is 3.88. The molecule has 39 heavy (non-hydrogen) atoms. The van der Waals surface area contributed by atoms with Crippen LogP contribution in [0.1, 0.15) is 73.5 Å². The van der Waals surface area contributed by atoms with Gasteiger partial charge in [-0.15, -0.1) is 0 Å². The van der Waals surface area contributed by atoms with E-state index < -0.39 is 11.9 Å². The maximum atomic E-state index is 13.5. The highest BCUT2D eigenvalue weighted by Crippen LogP contribution is 2.63. The minimum absolute atomic E-state index is 0.101. The van der Waals surface area contributed by atoms with Crippen molar-refractivity contribution < 1.29 is 23.9 Å². The van der Waals surface area contributed by atoms with Crippen molar-refractivity contribution in [2.24, 2.45) is 29.1 Å². The summed E-state index contributed by atoms with van der Waals surface area (Å²) >= 11 is 1.34. The molecule has 4 aliphatic carbocycles. The first-order valence-electron chi connectivity index (χ1n) is 14.0. The Balaban J connectivity index is 1.01. The van der Waals surface area contributed by atoms with Crippen LogP contribution in [0.3, 0.4) is 0 Å². The summed E-state index contributed by atoms with van der Waals surface area (Å²) in [6.07, 6.45) is 6.25. The normalized spacial score (nSPS) is 32.8. The third-order valence-electron chi connectivity index (χ3n) is 9.98. The third kappa shape index (κ3) is 4.06. The van der Waals surface area contributed by atoms with Crippen LogP contribution in [-0.4, -0.2) is 39.6 Å². The Labute approximate surface area is 230 Å². The van der Waals surface area contributed by atoms with Gasteiger partial charge in [-0.3, -0.25) is 24.5 Å². The van der Waals surface area contributed by atoms with Crippen molar-refractivity contribution in [1.82, 2.24) is 15.2 Å². The second-order valence-electron chi connectivity index (χ2n) is 12.1. The average Bonchev–Trinajstić information content (AvgIpc) is 3.49. The molecule has 4 bridgehead atoms. The molecule has 204 valence electrons. The van der Waals surface area contributed by atoms with Gasteiger partial charge in [0.25, 0.3) is 11.1 Å². The number of imide groups is 1. The SMILES string of the molecule is CC1C2CC3CC(C2)CC1(C(=O)Oc1nc(CNc2cccc4c2CN(C2CCC(=O)NC2=O)C4=O)cs1)C3. The number of hydrogen-bond acceptors (Lipinski definition) is 8. The van der Waals surface area contributed by atoms with Crippen LogP contribution in [-0.2, 0) is 27.5 Å². The van der Waals surface area contributed by atoms with Gasteiger partial charge in [0, 0.05) is 35.2 Å². The monoisotopic (exact) mass is 548 g/mol. The third-order valence-corrected chi connectivity index (χ3v) is 10.7. The van der Waals surface area contributed by atoms with Gasteiger partial charge in [0.2, 0.25) is 11.8 Å². The zero-order valence-corrected chi connectivity index (χ0v) is 22.7. The second kappa shape index (κ2) is 9.15. The lowest BCUT2D eigenvalue weighted by molar-refractivity contribution is -0.172. The Bertz CT molecular complexity index is 1370. The number of nitrogens with zero attached hydrogens (tertiary/aromatic N) is 2. The molecule has 1 saturated heterocycles. The molecule has 4 unspecified atom stereocenters. The molecule has 0 radical (unpaired) electrons. The number of piperidine rings is 1. The first-order valence-corrected chi connectivity index (χ1v) is 14.9. The van der Waals surface area contributed by atoms with Crippen molar-refractivity contribution in [3.05, 3.63) is 40.4 Å². The molecule has 2 aromatic rings. The predicted molar refractivity (Wildman–Crippen MR) is 143 cm³/mol. The minimum Gasteiger partial charge on any atom is -0.397 e. The van der Waals surface area contributed by atoms with Crippen molar-refractivity contribution in [2.75, 3.05) is 5.32 Å². The number of esters is 1. The number of benzene rings is 1. The summed E-state index contributed by atoms with van der Waals surface area (Å²) in [5, 5.41) is 7.99. The second-order valence-corrected chi connectivity index (χ2v) is 13.0. The summed E-state index contributed by atoms with van der Waals surface area (Å²) in [6, 6.07) is 4.83. The van der Waals surface area contributed by atoms with Gasteiger partial charge in [-0.1, -0.05) is 24.3 Å². The highest BCUT2D eigenvalue weighted by atomic mass is 32.1. The van der Waals surface area contributed by atoms with Crippen LogP contribution in [0, 0.1) is 29.1 Å². The molecule has 9 nitrogen and oxygen atoms in total. The molecule has 0 spiro atoms. The number of hydrogen-bond donors (Lipinski definition) is 2. The lowest BCUT2D eigenvalue weighted by atomic mass is 9.45. The molecule has 3 heterocycles. The molecule has 8 rings (SSSR count). The highest BCUT2D eigenvalue weighted by molar-refractivity contribution is 7.11. The Morgan fingerprint density at radius 1 is 1.21 bits per heavy atom. The molecular formula is C29H32N4O5S.